The number of thiazole rings is 1. The predicted octanol–water partition coefficient (Wildman–Crippen LogP) is 1.71. The molecule has 0 spiro atoms. The van der Waals surface area contributed by atoms with Crippen LogP contribution in [0.15, 0.2) is 10.5 Å². The first-order chi connectivity index (χ1) is 6.88. The van der Waals surface area contributed by atoms with E-state index in [4.69, 9.17) is 10.7 Å². The Labute approximate surface area is 98.2 Å². The van der Waals surface area contributed by atoms with Crippen molar-refractivity contribution in [2.45, 2.75) is 4.34 Å². The molecule has 10 heteroatoms. The van der Waals surface area contributed by atoms with Gasteiger partial charge in [-0.25, -0.2) is 13.4 Å². The topological polar surface area (TPSA) is 90.2 Å². The minimum atomic E-state index is -3.51. The highest BCUT2D eigenvalue weighted by molar-refractivity contribution is 8.14. The lowest BCUT2D eigenvalue weighted by molar-refractivity contribution is -0.380. The van der Waals surface area contributed by atoms with Crippen LogP contribution in [0, 0.1) is 10.1 Å². The molecule has 1 heterocycles. The lowest BCUT2D eigenvalue weighted by Gasteiger charge is -1.93. The van der Waals surface area contributed by atoms with Crippen molar-refractivity contribution in [3.05, 3.63) is 16.3 Å². The first-order valence-electron chi connectivity index (χ1n) is 3.54. The molecule has 0 saturated carbocycles. The molecular weight excluding hydrogens is 284 g/mol. The number of hydrogen-bond donors (Lipinski definition) is 0. The van der Waals surface area contributed by atoms with Gasteiger partial charge in [0.2, 0.25) is 9.05 Å². The number of thioether (sulfide) groups is 1. The van der Waals surface area contributed by atoms with Crippen LogP contribution in [-0.2, 0) is 9.05 Å². The third-order valence-corrected chi connectivity index (χ3v) is 4.73. The molecule has 0 aliphatic heterocycles. The van der Waals surface area contributed by atoms with Crippen molar-refractivity contribution in [1.82, 2.24) is 4.98 Å². The third kappa shape index (κ3) is 4.78. The van der Waals surface area contributed by atoms with Crippen LogP contribution < -0.4 is 0 Å². The van der Waals surface area contributed by atoms with Gasteiger partial charge in [-0.2, -0.15) is 0 Å². The van der Waals surface area contributed by atoms with Crippen molar-refractivity contribution in [3.8, 4) is 0 Å². The van der Waals surface area contributed by atoms with Crippen LogP contribution in [-0.4, -0.2) is 29.8 Å². The van der Waals surface area contributed by atoms with Crippen LogP contribution in [0.1, 0.15) is 0 Å². The standard InChI is InChI=1S/C5H5ClN2O4S3/c6-15(11,12)2-1-13-5-7-3-4(14-5)8(9)10/h3H,1-2H2. The molecule has 0 N–H and O–H groups in total. The van der Waals surface area contributed by atoms with E-state index < -0.39 is 14.0 Å². The summed E-state index contributed by atoms with van der Waals surface area (Å²) in [7, 11) is 1.48. The fourth-order valence-electron chi connectivity index (χ4n) is 0.630. The second-order valence-electron chi connectivity index (χ2n) is 2.31. The number of hydrogen-bond acceptors (Lipinski definition) is 7. The highest BCUT2D eigenvalue weighted by Crippen LogP contribution is 2.29. The summed E-state index contributed by atoms with van der Waals surface area (Å²) < 4.78 is 21.6. The van der Waals surface area contributed by atoms with Crippen molar-refractivity contribution in [2.24, 2.45) is 0 Å². The maximum atomic E-state index is 10.6. The Hall–Kier alpha value is -0.380. The summed E-state index contributed by atoms with van der Waals surface area (Å²) >= 11 is 2.03. The van der Waals surface area contributed by atoms with Crippen molar-refractivity contribution in [1.29, 1.82) is 0 Å². The lowest BCUT2D eigenvalue weighted by atomic mass is 10.9. The highest BCUT2D eigenvalue weighted by atomic mass is 35.7. The van der Waals surface area contributed by atoms with E-state index in [1.807, 2.05) is 0 Å². The molecule has 0 radical (unpaired) electrons. The largest absolute Gasteiger partial charge is 0.344 e. The SMILES string of the molecule is O=[N+]([O-])c1cnc(SCCS(=O)(=O)Cl)s1. The average molecular weight is 289 g/mol. The summed E-state index contributed by atoms with van der Waals surface area (Å²) in [5.41, 5.74) is 0. The van der Waals surface area contributed by atoms with E-state index in [1.54, 1.807) is 0 Å². The Bertz CT molecular complexity index is 457. The quantitative estimate of drug-likeness (QED) is 0.354. The molecule has 1 rings (SSSR count). The van der Waals surface area contributed by atoms with E-state index in [1.165, 1.54) is 0 Å². The third-order valence-electron chi connectivity index (χ3n) is 1.20. The van der Waals surface area contributed by atoms with Gasteiger partial charge in [-0.1, -0.05) is 11.8 Å². The van der Waals surface area contributed by atoms with E-state index in [0.29, 0.717) is 4.34 Å². The van der Waals surface area contributed by atoms with E-state index in [0.717, 1.165) is 29.3 Å². The van der Waals surface area contributed by atoms with Gasteiger partial charge in [-0.05, 0) is 11.3 Å². The van der Waals surface area contributed by atoms with Crippen molar-refractivity contribution in [3.63, 3.8) is 0 Å². The van der Waals surface area contributed by atoms with Gasteiger partial charge in [0.15, 0.2) is 4.34 Å². The van der Waals surface area contributed by atoms with Crippen molar-refractivity contribution >= 4 is 47.8 Å². The number of rotatable bonds is 5. The minimum absolute atomic E-state index is 0.0637. The molecule has 0 amide bonds. The smallest absolute Gasteiger partial charge is 0.257 e. The Morgan fingerprint density at radius 1 is 1.67 bits per heavy atom. The lowest BCUT2D eigenvalue weighted by Crippen LogP contribution is -1.99. The maximum Gasteiger partial charge on any atom is 0.344 e. The van der Waals surface area contributed by atoms with Gasteiger partial charge in [0.25, 0.3) is 0 Å². The predicted molar refractivity (Wildman–Crippen MR) is 59.1 cm³/mol. The minimum Gasteiger partial charge on any atom is -0.257 e. The van der Waals surface area contributed by atoms with Gasteiger partial charge in [0.05, 0.1) is 10.7 Å². The van der Waals surface area contributed by atoms with Crippen LogP contribution in [0.3, 0.4) is 0 Å². The van der Waals surface area contributed by atoms with Crippen molar-refractivity contribution < 1.29 is 13.3 Å². The number of nitrogens with zero attached hydrogens (tertiary/aromatic N) is 2. The fraction of sp³-hybridized carbons (Fsp3) is 0.400. The summed E-state index contributed by atoms with van der Waals surface area (Å²) in [5.74, 6) is 0.0447. The van der Waals surface area contributed by atoms with Crippen LogP contribution in [0.2, 0.25) is 0 Å². The van der Waals surface area contributed by atoms with Crippen molar-refractivity contribution in [2.75, 3.05) is 11.5 Å². The zero-order valence-corrected chi connectivity index (χ0v) is 10.3. The highest BCUT2D eigenvalue weighted by Gasteiger charge is 2.12. The van der Waals surface area contributed by atoms with Gasteiger partial charge < -0.3 is 0 Å². The molecule has 0 fully saturated rings. The van der Waals surface area contributed by atoms with E-state index in [2.05, 4.69) is 4.98 Å². The van der Waals surface area contributed by atoms with Crippen LogP contribution >= 0.6 is 33.8 Å². The normalized spacial score (nSPS) is 11.5. The average Bonchev–Trinajstić information content (AvgIpc) is 2.50. The first kappa shape index (κ1) is 12.7. The Kier molecular flexibility index (Phi) is 4.32. The van der Waals surface area contributed by atoms with Crippen LogP contribution in [0.5, 0.6) is 0 Å². The summed E-state index contributed by atoms with van der Waals surface area (Å²) in [4.78, 5) is 13.5. The number of aromatic nitrogens is 1. The number of nitro groups is 1. The monoisotopic (exact) mass is 288 g/mol. The first-order valence-corrected chi connectivity index (χ1v) is 7.82. The zero-order valence-electron chi connectivity index (χ0n) is 7.12. The molecular formula is C5H5ClN2O4S3. The number of halogens is 1. The molecule has 6 nitrogen and oxygen atoms in total. The second-order valence-corrected chi connectivity index (χ2v) is 7.56. The Balaban J connectivity index is 2.48. The summed E-state index contributed by atoms with van der Waals surface area (Å²) in [6.07, 6.45) is 1.14. The zero-order chi connectivity index (χ0) is 11.5. The molecule has 0 unspecified atom stereocenters. The van der Waals surface area contributed by atoms with Gasteiger partial charge in [-0.15, -0.1) is 0 Å². The summed E-state index contributed by atoms with van der Waals surface area (Å²) in [6, 6.07) is 0. The van der Waals surface area contributed by atoms with Gasteiger partial charge in [0.1, 0.15) is 6.20 Å². The van der Waals surface area contributed by atoms with E-state index >= 15 is 0 Å². The van der Waals surface area contributed by atoms with E-state index in [-0.39, 0.29) is 16.5 Å². The molecule has 0 saturated heterocycles. The molecule has 1 aromatic rings. The molecule has 15 heavy (non-hydrogen) atoms. The molecule has 1 aromatic heterocycles. The molecule has 0 bridgehead atoms. The van der Waals surface area contributed by atoms with Gasteiger partial charge in [-0.3, -0.25) is 10.1 Å². The summed E-state index contributed by atoms with van der Waals surface area (Å²) in [6.45, 7) is 0. The molecule has 0 atom stereocenters. The van der Waals surface area contributed by atoms with Crippen LogP contribution in [0.25, 0.3) is 0 Å². The fourth-order valence-corrected chi connectivity index (χ4v) is 3.83. The summed E-state index contributed by atoms with van der Waals surface area (Å²) in [5, 5.41) is 10.2. The maximum absolute atomic E-state index is 10.6. The Morgan fingerprint density at radius 2 is 2.33 bits per heavy atom. The second kappa shape index (κ2) is 5.10. The van der Waals surface area contributed by atoms with Gasteiger partial charge >= 0.3 is 5.00 Å². The van der Waals surface area contributed by atoms with E-state index in [9.17, 15) is 18.5 Å². The van der Waals surface area contributed by atoms with Gasteiger partial charge in [0, 0.05) is 16.4 Å². The molecule has 84 valence electrons. The Morgan fingerprint density at radius 3 is 2.80 bits per heavy atom. The molecule has 0 aliphatic carbocycles. The molecule has 0 aromatic carbocycles. The molecule has 0 aliphatic rings. The van der Waals surface area contributed by atoms with Crippen LogP contribution in [0.4, 0.5) is 5.00 Å².